The molecule has 32 heavy (non-hydrogen) atoms. The van der Waals surface area contributed by atoms with Gasteiger partial charge in [0.2, 0.25) is 5.91 Å². The molecule has 1 aliphatic rings. The normalized spacial score (nSPS) is 16.8. The minimum Gasteiger partial charge on any atom is -0.348 e. The number of pyridine rings is 1. The number of alkyl halides is 6. The van der Waals surface area contributed by atoms with E-state index in [2.05, 4.69) is 15.4 Å². The van der Waals surface area contributed by atoms with Crippen LogP contribution < -0.4 is 5.32 Å². The number of thiophene rings is 1. The number of nitrogens with one attached hydrogen (secondary N) is 1. The Morgan fingerprint density at radius 2 is 1.94 bits per heavy atom. The summed E-state index contributed by atoms with van der Waals surface area (Å²) >= 11 is 0.990. The van der Waals surface area contributed by atoms with Crippen molar-refractivity contribution in [2.75, 3.05) is 0 Å². The van der Waals surface area contributed by atoms with Crippen molar-refractivity contribution >= 4 is 28.1 Å². The first-order chi connectivity index (χ1) is 14.9. The van der Waals surface area contributed by atoms with E-state index in [1.54, 1.807) is 13.0 Å². The highest BCUT2D eigenvalue weighted by Gasteiger charge is 2.64. The van der Waals surface area contributed by atoms with Gasteiger partial charge < -0.3 is 5.32 Å². The Kier molecular flexibility index (Phi) is 5.46. The van der Waals surface area contributed by atoms with Gasteiger partial charge in [-0.05, 0) is 38.0 Å². The van der Waals surface area contributed by atoms with Crippen LogP contribution in [0.4, 0.5) is 26.3 Å². The maximum Gasteiger partial charge on any atom is 0.408 e. The van der Waals surface area contributed by atoms with Crippen LogP contribution in [0.3, 0.4) is 0 Å². The molecule has 0 aromatic carbocycles. The van der Waals surface area contributed by atoms with Crippen molar-refractivity contribution in [3.63, 3.8) is 0 Å². The van der Waals surface area contributed by atoms with Gasteiger partial charge in [-0.25, -0.2) is 0 Å². The zero-order valence-electron chi connectivity index (χ0n) is 16.7. The summed E-state index contributed by atoms with van der Waals surface area (Å²) < 4.78 is 78.5. The molecule has 3 heterocycles. The Labute approximate surface area is 182 Å². The summed E-state index contributed by atoms with van der Waals surface area (Å²) in [6, 6.07) is 3.96. The van der Waals surface area contributed by atoms with Gasteiger partial charge in [0.15, 0.2) is 0 Å². The van der Waals surface area contributed by atoms with E-state index in [4.69, 9.17) is 0 Å². The van der Waals surface area contributed by atoms with Crippen molar-refractivity contribution in [1.82, 2.24) is 20.1 Å². The topological polar surface area (TPSA) is 59.8 Å². The van der Waals surface area contributed by atoms with Crippen LogP contribution in [-0.4, -0.2) is 33.0 Å². The number of hydrogen-bond donors (Lipinski definition) is 1. The molecule has 1 unspecified atom stereocenters. The molecule has 0 bridgehead atoms. The van der Waals surface area contributed by atoms with Crippen LogP contribution >= 0.6 is 11.3 Å². The van der Waals surface area contributed by atoms with Gasteiger partial charge >= 0.3 is 12.4 Å². The molecule has 0 spiro atoms. The van der Waals surface area contributed by atoms with Crippen molar-refractivity contribution < 1.29 is 31.1 Å². The largest absolute Gasteiger partial charge is 0.408 e. The van der Waals surface area contributed by atoms with Crippen LogP contribution in [0.1, 0.15) is 41.3 Å². The molecule has 5 nitrogen and oxygen atoms in total. The van der Waals surface area contributed by atoms with Gasteiger partial charge in [-0.1, -0.05) is 0 Å². The summed E-state index contributed by atoms with van der Waals surface area (Å²) in [5.41, 5.74) is -1.12. The highest BCUT2D eigenvalue weighted by atomic mass is 32.1. The number of nitrogens with zero attached hydrogens (tertiary/aromatic N) is 3. The molecule has 172 valence electrons. The number of aromatic nitrogens is 3. The summed E-state index contributed by atoms with van der Waals surface area (Å²) in [6.45, 7) is 0.428. The fourth-order valence-electron chi connectivity index (χ4n) is 3.58. The molecule has 0 aliphatic heterocycles. The first-order valence-electron chi connectivity index (χ1n) is 9.71. The van der Waals surface area contributed by atoms with Crippen molar-refractivity contribution in [2.24, 2.45) is 0 Å². The van der Waals surface area contributed by atoms with E-state index < -0.39 is 36.3 Å². The molecule has 1 amide bonds. The van der Waals surface area contributed by atoms with E-state index in [-0.39, 0.29) is 29.7 Å². The molecular formula is C20H18F6N4OS. The average Bonchev–Trinajstić information content (AvgIpc) is 3.24. The Balaban J connectivity index is 1.40. The third-order valence-corrected chi connectivity index (χ3v) is 6.75. The van der Waals surface area contributed by atoms with Crippen molar-refractivity contribution in [2.45, 2.75) is 56.5 Å². The predicted molar refractivity (Wildman–Crippen MR) is 105 cm³/mol. The van der Waals surface area contributed by atoms with Crippen LogP contribution in [0, 0.1) is 0 Å². The van der Waals surface area contributed by atoms with Crippen LogP contribution in [0.25, 0.3) is 10.9 Å². The summed E-state index contributed by atoms with van der Waals surface area (Å²) in [5, 5.41) is 6.91. The zero-order chi connectivity index (χ0) is 23.3. The lowest BCUT2D eigenvalue weighted by Crippen LogP contribution is -2.28. The second kappa shape index (κ2) is 7.75. The zero-order valence-corrected chi connectivity index (χ0v) is 17.5. The second-order valence-corrected chi connectivity index (χ2v) is 9.07. The Hall–Kier alpha value is -2.63. The second-order valence-electron chi connectivity index (χ2n) is 7.90. The molecule has 4 rings (SSSR count). The van der Waals surface area contributed by atoms with Gasteiger partial charge in [0, 0.05) is 15.1 Å². The quantitative estimate of drug-likeness (QED) is 0.506. The molecule has 3 aromatic rings. The third-order valence-electron chi connectivity index (χ3n) is 5.46. The lowest BCUT2D eigenvalue weighted by Gasteiger charge is -2.17. The van der Waals surface area contributed by atoms with E-state index in [1.165, 1.54) is 24.5 Å². The molecule has 1 saturated carbocycles. The number of hydrogen-bond acceptors (Lipinski definition) is 4. The fourth-order valence-corrected chi connectivity index (χ4v) is 4.85. The number of carbonyl (C=O) groups is 1. The highest BCUT2D eigenvalue weighted by molar-refractivity contribution is 7.12. The molecular weight excluding hydrogens is 458 g/mol. The Morgan fingerprint density at radius 1 is 1.22 bits per heavy atom. The van der Waals surface area contributed by atoms with Crippen molar-refractivity contribution in [3.8, 4) is 0 Å². The Bertz CT molecular complexity index is 1150. The summed E-state index contributed by atoms with van der Waals surface area (Å²) in [6.07, 6.45) is -6.11. The highest BCUT2D eigenvalue weighted by Crippen LogP contribution is 2.60. The van der Waals surface area contributed by atoms with Crippen molar-refractivity contribution in [3.05, 3.63) is 46.0 Å². The fraction of sp³-hybridized carbons (Fsp3) is 0.450. The maximum absolute atomic E-state index is 13.3. The van der Waals surface area contributed by atoms with E-state index in [0.717, 1.165) is 16.0 Å². The lowest BCUT2D eigenvalue weighted by molar-refractivity contribution is -0.159. The van der Waals surface area contributed by atoms with Crippen LogP contribution in [-0.2, 0) is 23.2 Å². The third kappa shape index (κ3) is 4.45. The standard InChI is InChI=1S/C20H18F6N4OS/c1-11(14-6-12-8-28-30(10-19(21,22)23)15(12)9-27-14)29-17(31)7-13-2-3-16(32-13)18(4-5-18)20(24,25)26/h2-3,6,8-9,11H,4-5,7,10H2,1H3,(H,29,31). The number of carbonyl (C=O) groups excluding carboxylic acids is 1. The SMILES string of the molecule is CC(NC(=O)Cc1ccc(C2(C(F)(F)F)CC2)s1)c1cc2cnn(CC(F)(F)F)c2cn1. The Morgan fingerprint density at radius 3 is 2.56 bits per heavy atom. The first-order valence-corrected chi connectivity index (χ1v) is 10.5. The minimum absolute atomic E-state index is 0.0629. The maximum atomic E-state index is 13.3. The molecule has 1 aliphatic carbocycles. The summed E-state index contributed by atoms with van der Waals surface area (Å²) in [5.74, 6) is -0.391. The van der Waals surface area contributed by atoms with Crippen LogP contribution in [0.2, 0.25) is 0 Å². The molecule has 0 radical (unpaired) electrons. The molecule has 0 saturated heterocycles. The number of rotatable bonds is 6. The number of fused-ring (bicyclic) bond motifs is 1. The monoisotopic (exact) mass is 476 g/mol. The predicted octanol–water partition coefficient (Wildman–Crippen LogP) is 5.07. The van der Waals surface area contributed by atoms with E-state index in [9.17, 15) is 31.1 Å². The van der Waals surface area contributed by atoms with Gasteiger partial charge in [0.25, 0.3) is 0 Å². The summed E-state index contributed by atoms with van der Waals surface area (Å²) in [4.78, 5) is 17.3. The average molecular weight is 476 g/mol. The molecule has 1 N–H and O–H groups in total. The lowest BCUT2D eigenvalue weighted by atomic mass is 10.1. The van der Waals surface area contributed by atoms with Gasteiger partial charge in [-0.15, -0.1) is 11.3 Å². The minimum atomic E-state index is -4.42. The van der Waals surface area contributed by atoms with Gasteiger partial charge in [-0.3, -0.25) is 14.5 Å². The molecule has 1 fully saturated rings. The van der Waals surface area contributed by atoms with E-state index in [1.807, 2.05) is 0 Å². The molecule has 3 aromatic heterocycles. The van der Waals surface area contributed by atoms with Gasteiger partial charge in [0.05, 0.1) is 36.1 Å². The summed E-state index contributed by atoms with van der Waals surface area (Å²) in [7, 11) is 0. The van der Waals surface area contributed by atoms with Gasteiger partial charge in [-0.2, -0.15) is 31.4 Å². The molecule has 12 heteroatoms. The van der Waals surface area contributed by atoms with Crippen LogP contribution in [0.5, 0.6) is 0 Å². The van der Waals surface area contributed by atoms with Crippen molar-refractivity contribution in [1.29, 1.82) is 0 Å². The number of halogens is 6. The number of amides is 1. The van der Waals surface area contributed by atoms with E-state index in [0.29, 0.717) is 16.0 Å². The van der Waals surface area contributed by atoms with Crippen LogP contribution in [0.15, 0.2) is 30.6 Å². The van der Waals surface area contributed by atoms with E-state index >= 15 is 0 Å². The smallest absolute Gasteiger partial charge is 0.348 e. The molecule has 1 atom stereocenters. The van der Waals surface area contributed by atoms with Gasteiger partial charge in [0.1, 0.15) is 12.0 Å². The first kappa shape index (κ1) is 22.6.